The average Bonchev–Trinajstić information content (AvgIpc) is 3.64. The minimum Gasteiger partial charge on any atom is -0.488 e. The molecule has 16 heteroatoms. The van der Waals surface area contributed by atoms with Crippen molar-refractivity contribution in [2.24, 2.45) is 0 Å². The molecule has 4 heterocycles. The average molecular weight is 683 g/mol. The number of carboxylic acid groups (broad SMARTS) is 1. The third kappa shape index (κ3) is 7.37. The Morgan fingerprint density at radius 1 is 1.04 bits per heavy atom. The lowest BCUT2D eigenvalue weighted by atomic mass is 9.88. The maximum atomic E-state index is 14.2. The molecule has 0 unspecified atom stereocenters. The van der Waals surface area contributed by atoms with Gasteiger partial charge >= 0.3 is 24.4 Å². The Labute approximate surface area is 268 Å². The number of likely N-dealkylation sites (tertiary alicyclic amines) is 1. The van der Waals surface area contributed by atoms with Crippen LogP contribution in [-0.2, 0) is 23.7 Å². The van der Waals surface area contributed by atoms with E-state index in [1.54, 1.807) is 19.1 Å². The highest BCUT2D eigenvalue weighted by Gasteiger charge is 2.41. The van der Waals surface area contributed by atoms with E-state index >= 15 is 0 Å². The Kier molecular flexibility index (Phi) is 9.52. The predicted molar refractivity (Wildman–Crippen MR) is 158 cm³/mol. The molecule has 0 bridgehead atoms. The van der Waals surface area contributed by atoms with Crippen LogP contribution in [0.3, 0.4) is 0 Å². The number of hydrogen-bond donors (Lipinski definition) is 1. The molecule has 0 atom stereocenters. The summed E-state index contributed by atoms with van der Waals surface area (Å²) in [4.78, 5) is 30.2. The van der Waals surface area contributed by atoms with Crippen molar-refractivity contribution in [3.05, 3.63) is 81.5 Å². The second-order valence-electron chi connectivity index (χ2n) is 10.7. The van der Waals surface area contributed by atoms with E-state index in [1.807, 2.05) is 0 Å². The molecular weight excluding hydrogens is 654 g/mol. The predicted octanol–water partition coefficient (Wildman–Crippen LogP) is 7.95. The number of alkyl halides is 6. The molecule has 47 heavy (non-hydrogen) atoms. The summed E-state index contributed by atoms with van der Waals surface area (Å²) in [6, 6.07) is 9.78. The van der Waals surface area contributed by atoms with Gasteiger partial charge in [-0.1, -0.05) is 12.1 Å². The van der Waals surface area contributed by atoms with Crippen LogP contribution >= 0.6 is 11.3 Å². The minimum atomic E-state index is -4.98. The van der Waals surface area contributed by atoms with Gasteiger partial charge in [0.1, 0.15) is 17.9 Å². The first-order valence-electron chi connectivity index (χ1n) is 14.4. The van der Waals surface area contributed by atoms with Crippen molar-refractivity contribution < 1.29 is 50.5 Å². The summed E-state index contributed by atoms with van der Waals surface area (Å²) in [6.07, 6.45) is -9.24. The standard InChI is InChI=1S/C31H28F6N4O5S/c1-3-45-28(42)21-15-38-41(27(21)31(35,36)37)25-6-4-5-23(39-25)26-20(13-17(2)47-26)16-46-24-8-7-19(14-22(24)30(32,33)34)18-9-11-40(12-10-18)29(43)44/h4-8,13-15,18H,3,9-12,16H2,1-2H3,(H,43,44). The number of aromatic nitrogens is 3. The first-order valence-corrected chi connectivity index (χ1v) is 15.2. The van der Waals surface area contributed by atoms with Crippen molar-refractivity contribution in [1.29, 1.82) is 0 Å². The number of carbonyl (C=O) groups excluding carboxylic acids is 1. The fraction of sp³-hybridized carbons (Fsp3) is 0.355. The topological polar surface area (TPSA) is 107 Å². The Morgan fingerprint density at radius 2 is 1.77 bits per heavy atom. The molecule has 250 valence electrons. The van der Waals surface area contributed by atoms with Gasteiger partial charge in [-0.25, -0.2) is 19.3 Å². The van der Waals surface area contributed by atoms with Crippen LogP contribution in [0.5, 0.6) is 5.75 Å². The van der Waals surface area contributed by atoms with Crippen molar-refractivity contribution in [2.75, 3.05) is 19.7 Å². The highest BCUT2D eigenvalue weighted by Crippen LogP contribution is 2.41. The largest absolute Gasteiger partial charge is 0.488 e. The van der Waals surface area contributed by atoms with Crippen molar-refractivity contribution in [1.82, 2.24) is 19.7 Å². The molecule has 1 saturated heterocycles. The normalized spacial score (nSPS) is 14.3. The first-order chi connectivity index (χ1) is 22.2. The van der Waals surface area contributed by atoms with Gasteiger partial charge < -0.3 is 19.5 Å². The van der Waals surface area contributed by atoms with Crippen molar-refractivity contribution in [3.63, 3.8) is 0 Å². The number of halogens is 6. The Morgan fingerprint density at radius 3 is 2.40 bits per heavy atom. The minimum absolute atomic E-state index is 0.139. The molecule has 4 aromatic rings. The molecule has 1 amide bonds. The van der Waals surface area contributed by atoms with Gasteiger partial charge in [0.2, 0.25) is 0 Å². The number of esters is 1. The molecule has 0 spiro atoms. The van der Waals surface area contributed by atoms with Crippen LogP contribution in [0.25, 0.3) is 16.4 Å². The Balaban J connectivity index is 1.42. The molecule has 5 rings (SSSR count). The maximum Gasteiger partial charge on any atom is 0.434 e. The van der Waals surface area contributed by atoms with E-state index in [4.69, 9.17) is 14.6 Å². The Bertz CT molecular complexity index is 1780. The lowest BCUT2D eigenvalue weighted by Gasteiger charge is -2.30. The molecule has 0 aliphatic carbocycles. The van der Waals surface area contributed by atoms with Gasteiger partial charge in [-0.15, -0.1) is 11.3 Å². The molecule has 1 aliphatic rings. The molecule has 9 nitrogen and oxygen atoms in total. The van der Waals surface area contributed by atoms with Gasteiger partial charge in [0, 0.05) is 23.5 Å². The summed E-state index contributed by atoms with van der Waals surface area (Å²) < 4.78 is 95.6. The summed E-state index contributed by atoms with van der Waals surface area (Å²) >= 11 is 1.23. The number of ether oxygens (including phenoxy) is 2. The summed E-state index contributed by atoms with van der Waals surface area (Å²) in [5.41, 5.74) is -1.99. The van der Waals surface area contributed by atoms with E-state index in [0.717, 1.165) is 17.1 Å². The van der Waals surface area contributed by atoms with Crippen LogP contribution in [0.4, 0.5) is 31.1 Å². The number of nitrogens with zero attached hydrogens (tertiary/aromatic N) is 4. The third-order valence-electron chi connectivity index (χ3n) is 7.58. The van der Waals surface area contributed by atoms with Gasteiger partial charge in [0.05, 0.1) is 28.9 Å². The maximum absolute atomic E-state index is 14.2. The number of rotatable bonds is 8. The number of carbonyl (C=O) groups is 2. The molecule has 1 N–H and O–H groups in total. The fourth-order valence-electron chi connectivity index (χ4n) is 5.42. The second-order valence-corrected chi connectivity index (χ2v) is 12.0. The monoisotopic (exact) mass is 682 g/mol. The zero-order valence-electron chi connectivity index (χ0n) is 25.0. The first kappa shape index (κ1) is 33.8. The van der Waals surface area contributed by atoms with Crippen LogP contribution < -0.4 is 4.74 Å². The van der Waals surface area contributed by atoms with Crippen molar-refractivity contribution in [3.8, 4) is 22.1 Å². The summed E-state index contributed by atoms with van der Waals surface area (Å²) in [6.45, 7) is 3.22. The molecular formula is C31H28F6N4O5S. The van der Waals surface area contributed by atoms with E-state index in [1.165, 1.54) is 47.4 Å². The lowest BCUT2D eigenvalue weighted by Crippen LogP contribution is -2.36. The highest BCUT2D eigenvalue weighted by molar-refractivity contribution is 7.15. The zero-order chi connectivity index (χ0) is 34.1. The van der Waals surface area contributed by atoms with Crippen molar-refractivity contribution >= 4 is 23.4 Å². The van der Waals surface area contributed by atoms with Gasteiger partial charge in [-0.05, 0) is 68.5 Å². The number of amides is 1. The van der Waals surface area contributed by atoms with Crippen LogP contribution in [0.15, 0.2) is 48.7 Å². The molecule has 0 saturated carbocycles. The summed E-state index contributed by atoms with van der Waals surface area (Å²) in [5, 5.41) is 12.9. The van der Waals surface area contributed by atoms with E-state index in [0.29, 0.717) is 33.5 Å². The number of piperidine rings is 1. The smallest absolute Gasteiger partial charge is 0.434 e. The van der Waals surface area contributed by atoms with Crippen LogP contribution in [0.2, 0.25) is 0 Å². The van der Waals surface area contributed by atoms with Gasteiger partial charge in [0.25, 0.3) is 0 Å². The zero-order valence-corrected chi connectivity index (χ0v) is 25.8. The third-order valence-corrected chi connectivity index (χ3v) is 8.69. The lowest BCUT2D eigenvalue weighted by molar-refractivity contribution is -0.143. The number of hydrogen-bond acceptors (Lipinski definition) is 7. The number of pyridine rings is 1. The summed E-state index contributed by atoms with van der Waals surface area (Å²) in [5.74, 6) is -2.08. The molecule has 1 aromatic carbocycles. The molecule has 1 fully saturated rings. The van der Waals surface area contributed by atoms with E-state index in [-0.39, 0.29) is 43.7 Å². The van der Waals surface area contributed by atoms with Crippen LogP contribution in [0.1, 0.15) is 63.3 Å². The SMILES string of the molecule is CCOC(=O)c1cnn(-c2cccc(-c3sc(C)cc3COc3ccc(C4CCN(C(=O)O)CC4)cc3C(F)(F)F)n2)c1C(F)(F)F. The van der Waals surface area contributed by atoms with Gasteiger partial charge in [0.15, 0.2) is 11.5 Å². The van der Waals surface area contributed by atoms with Crippen molar-refractivity contribution in [2.45, 2.75) is 51.6 Å². The van der Waals surface area contributed by atoms with E-state index < -0.39 is 47.0 Å². The number of thiophene rings is 1. The number of aryl methyl sites for hydroxylation is 1. The van der Waals surface area contributed by atoms with E-state index in [9.17, 15) is 35.9 Å². The molecule has 1 aliphatic heterocycles. The number of benzene rings is 1. The van der Waals surface area contributed by atoms with Crippen LogP contribution in [0, 0.1) is 6.92 Å². The van der Waals surface area contributed by atoms with E-state index in [2.05, 4.69) is 10.1 Å². The second kappa shape index (κ2) is 13.3. The molecule has 3 aromatic heterocycles. The highest BCUT2D eigenvalue weighted by atomic mass is 32.1. The molecule has 0 radical (unpaired) electrons. The summed E-state index contributed by atoms with van der Waals surface area (Å²) in [7, 11) is 0. The quantitative estimate of drug-likeness (QED) is 0.149. The van der Waals surface area contributed by atoms with Gasteiger partial charge in [-0.3, -0.25) is 0 Å². The Hall–Kier alpha value is -4.60. The van der Waals surface area contributed by atoms with Gasteiger partial charge in [-0.2, -0.15) is 31.4 Å². The fourth-order valence-corrected chi connectivity index (χ4v) is 6.41. The van der Waals surface area contributed by atoms with Crippen LogP contribution in [-0.4, -0.2) is 56.5 Å².